The molecule has 0 unspecified atom stereocenters. The second-order valence-electron chi connectivity index (χ2n) is 19.7. The standard InChI is InChI=1S/C54H60N3O.Pt/c1-33(2)42-19-16-20-43(34(3)4)50(42)57-47-22-17-21-44(49(47)56-51(57)45-18-14-15-23-48(45)58)37-26-35(27-38(28-37)46-32-39(24-25-55-46)52(5,6)7)36-29-40(53(8,9)10)31-41(30-36)54(11,12)13;/h14-27,29-34,58H,1-13H3;/q-1;. The molecule has 0 bridgehead atoms. The van der Waals surface area contributed by atoms with Gasteiger partial charge in [0.05, 0.1) is 22.3 Å². The number of hydrogen-bond donors (Lipinski definition) is 1. The van der Waals surface area contributed by atoms with Crippen LogP contribution in [-0.2, 0) is 37.3 Å². The Labute approximate surface area is 367 Å². The minimum Gasteiger partial charge on any atom is -0.507 e. The van der Waals surface area contributed by atoms with Crippen molar-refractivity contribution in [2.45, 2.75) is 118 Å². The van der Waals surface area contributed by atoms with E-state index in [-0.39, 0.29) is 54.9 Å². The van der Waals surface area contributed by atoms with Gasteiger partial charge in [0.25, 0.3) is 0 Å². The fraction of sp³-hybridized carbons (Fsp3) is 0.333. The summed E-state index contributed by atoms with van der Waals surface area (Å²) in [4.78, 5) is 10.5. The SMILES string of the molecule is CC(C)c1cccc(C(C)C)c1-n1c(-c2ccccc2O)nc2c(-c3[c-]c(-c4cc(C(C)(C)C)ccn4)cc(-c4cc(C(C)(C)C)cc(C(C)(C)C)c4)c3)cccc21.[Pt]. The summed E-state index contributed by atoms with van der Waals surface area (Å²) in [5.74, 6) is 1.43. The minimum absolute atomic E-state index is 0. The summed E-state index contributed by atoms with van der Waals surface area (Å²) in [6, 6.07) is 40.5. The molecule has 7 aromatic rings. The number of rotatable bonds is 7. The zero-order chi connectivity index (χ0) is 41.9. The van der Waals surface area contributed by atoms with E-state index in [4.69, 9.17) is 9.97 Å². The maximum atomic E-state index is 11.4. The van der Waals surface area contributed by atoms with Crippen LogP contribution in [0.4, 0.5) is 0 Å². The number of aromatic nitrogens is 3. The van der Waals surface area contributed by atoms with Gasteiger partial charge in [0, 0.05) is 33.0 Å². The maximum absolute atomic E-state index is 11.4. The van der Waals surface area contributed by atoms with Gasteiger partial charge in [0.2, 0.25) is 0 Å². The molecule has 0 saturated carbocycles. The molecule has 59 heavy (non-hydrogen) atoms. The van der Waals surface area contributed by atoms with E-state index in [1.54, 1.807) is 6.07 Å². The van der Waals surface area contributed by atoms with Crippen molar-refractivity contribution in [3.05, 3.63) is 143 Å². The van der Waals surface area contributed by atoms with E-state index >= 15 is 0 Å². The van der Waals surface area contributed by atoms with Gasteiger partial charge in [-0.2, -0.15) is 0 Å². The van der Waals surface area contributed by atoms with Crippen molar-refractivity contribution in [3.8, 4) is 56.3 Å². The van der Waals surface area contributed by atoms with Crippen molar-refractivity contribution < 1.29 is 26.2 Å². The molecule has 0 aliphatic rings. The average molecular weight is 962 g/mol. The summed E-state index contributed by atoms with van der Waals surface area (Å²) >= 11 is 0. The Morgan fingerprint density at radius 3 is 1.69 bits per heavy atom. The molecule has 1 N–H and O–H groups in total. The predicted molar refractivity (Wildman–Crippen MR) is 245 cm³/mol. The number of phenols is 1. The summed E-state index contributed by atoms with van der Waals surface area (Å²) in [6.07, 6.45) is 1.92. The Hall–Kier alpha value is -4.79. The second kappa shape index (κ2) is 16.3. The first-order valence-corrected chi connectivity index (χ1v) is 20.9. The summed E-state index contributed by atoms with van der Waals surface area (Å²) < 4.78 is 2.29. The number of pyridine rings is 1. The molecule has 4 nitrogen and oxygen atoms in total. The number of imidazole rings is 1. The fourth-order valence-corrected chi connectivity index (χ4v) is 7.88. The first-order valence-electron chi connectivity index (χ1n) is 20.9. The molecule has 0 amide bonds. The molecule has 0 saturated heterocycles. The third-order valence-corrected chi connectivity index (χ3v) is 11.5. The molecule has 5 heteroatoms. The Bertz CT molecular complexity index is 2580. The summed E-state index contributed by atoms with van der Waals surface area (Å²) in [6.45, 7) is 29.4. The van der Waals surface area contributed by atoms with E-state index in [1.165, 1.54) is 33.4 Å². The first kappa shape index (κ1) is 43.8. The largest absolute Gasteiger partial charge is 0.507 e. The monoisotopic (exact) mass is 961 g/mol. The third kappa shape index (κ3) is 8.76. The Morgan fingerprint density at radius 1 is 0.576 bits per heavy atom. The van der Waals surface area contributed by atoms with Gasteiger partial charge >= 0.3 is 0 Å². The zero-order valence-electron chi connectivity index (χ0n) is 37.2. The van der Waals surface area contributed by atoms with Crippen molar-refractivity contribution >= 4 is 11.0 Å². The quantitative estimate of drug-likeness (QED) is 0.162. The zero-order valence-corrected chi connectivity index (χ0v) is 39.4. The van der Waals surface area contributed by atoms with Crippen molar-refractivity contribution in [3.63, 3.8) is 0 Å². The molecule has 0 aliphatic carbocycles. The minimum atomic E-state index is -0.0419. The normalized spacial score (nSPS) is 12.4. The number of para-hydroxylation sites is 3. The van der Waals surface area contributed by atoms with Gasteiger partial charge in [0.15, 0.2) is 0 Å². The van der Waals surface area contributed by atoms with Crippen LogP contribution in [0, 0.1) is 6.07 Å². The summed E-state index contributed by atoms with van der Waals surface area (Å²) in [5.41, 5.74) is 15.8. The van der Waals surface area contributed by atoms with Crippen molar-refractivity contribution in [1.82, 2.24) is 14.5 Å². The van der Waals surface area contributed by atoms with Gasteiger partial charge in [0.1, 0.15) is 11.6 Å². The number of benzene rings is 5. The van der Waals surface area contributed by atoms with E-state index in [2.05, 4.69) is 180 Å². The first-order chi connectivity index (χ1) is 27.2. The Balaban J connectivity index is 0.00000585. The van der Waals surface area contributed by atoms with Gasteiger partial charge in [-0.05, 0) is 85.7 Å². The average Bonchev–Trinajstić information content (AvgIpc) is 3.55. The maximum Gasteiger partial charge on any atom is 0.148 e. The molecule has 0 atom stereocenters. The predicted octanol–water partition coefficient (Wildman–Crippen LogP) is 14.7. The number of hydrogen-bond acceptors (Lipinski definition) is 3. The van der Waals surface area contributed by atoms with Gasteiger partial charge in [-0.15, -0.1) is 23.8 Å². The van der Waals surface area contributed by atoms with Crippen molar-refractivity contribution in [2.24, 2.45) is 0 Å². The van der Waals surface area contributed by atoms with Crippen LogP contribution in [0.2, 0.25) is 0 Å². The van der Waals surface area contributed by atoms with Gasteiger partial charge < -0.3 is 5.11 Å². The second-order valence-corrected chi connectivity index (χ2v) is 19.7. The molecular weight excluding hydrogens is 902 g/mol. The molecule has 0 spiro atoms. The van der Waals surface area contributed by atoms with Crippen LogP contribution in [0.5, 0.6) is 5.75 Å². The van der Waals surface area contributed by atoms with Crippen molar-refractivity contribution in [2.75, 3.05) is 0 Å². The molecule has 7 rings (SSSR count). The number of aromatic hydroxyl groups is 1. The van der Waals surface area contributed by atoms with Crippen LogP contribution in [0.3, 0.4) is 0 Å². The smallest absolute Gasteiger partial charge is 0.148 e. The van der Waals surface area contributed by atoms with Crippen LogP contribution < -0.4 is 0 Å². The van der Waals surface area contributed by atoms with Gasteiger partial charge in [-0.1, -0.05) is 173 Å². The van der Waals surface area contributed by atoms with E-state index in [9.17, 15) is 5.11 Å². The molecule has 0 fully saturated rings. The number of phenolic OH excluding ortho intramolecular Hbond substituents is 1. The van der Waals surface area contributed by atoms with Crippen LogP contribution in [0.15, 0.2) is 109 Å². The van der Waals surface area contributed by atoms with E-state index in [0.717, 1.165) is 44.7 Å². The molecular formula is C54H60N3OPt-. The number of nitrogens with zero attached hydrogens (tertiary/aromatic N) is 3. The molecule has 0 radical (unpaired) electrons. The summed E-state index contributed by atoms with van der Waals surface area (Å²) in [7, 11) is 0. The van der Waals surface area contributed by atoms with Crippen LogP contribution in [0.1, 0.15) is 130 Å². The van der Waals surface area contributed by atoms with Gasteiger partial charge in [-0.3, -0.25) is 9.55 Å². The Morgan fingerprint density at radius 2 is 1.12 bits per heavy atom. The third-order valence-electron chi connectivity index (χ3n) is 11.5. The van der Waals surface area contributed by atoms with E-state index < -0.39 is 0 Å². The Kier molecular flexibility index (Phi) is 12.1. The van der Waals surface area contributed by atoms with Crippen molar-refractivity contribution in [1.29, 1.82) is 0 Å². The van der Waals surface area contributed by atoms with Crippen LogP contribution in [-0.4, -0.2) is 19.6 Å². The molecule has 0 aliphatic heterocycles. The molecule has 5 aromatic carbocycles. The van der Waals surface area contributed by atoms with E-state index in [0.29, 0.717) is 11.4 Å². The van der Waals surface area contributed by atoms with Crippen LogP contribution >= 0.6 is 0 Å². The fourth-order valence-electron chi connectivity index (χ4n) is 7.88. The number of fused-ring (bicyclic) bond motifs is 1. The molecule has 308 valence electrons. The molecule has 2 aromatic heterocycles. The topological polar surface area (TPSA) is 50.9 Å². The molecule has 2 heterocycles. The summed E-state index contributed by atoms with van der Waals surface area (Å²) in [5, 5.41) is 11.4. The van der Waals surface area contributed by atoms with Gasteiger partial charge in [-0.25, -0.2) is 4.98 Å². The van der Waals surface area contributed by atoms with E-state index in [1.807, 2.05) is 24.4 Å². The van der Waals surface area contributed by atoms with Crippen LogP contribution in [0.25, 0.3) is 61.6 Å².